The number of rotatable bonds is 7. The lowest BCUT2D eigenvalue weighted by Crippen LogP contribution is -2.45. The summed E-state index contributed by atoms with van der Waals surface area (Å²) < 4.78 is 16.4. The van der Waals surface area contributed by atoms with Crippen LogP contribution in [0.1, 0.15) is 12.5 Å². The van der Waals surface area contributed by atoms with Crippen LogP contribution in [0.3, 0.4) is 0 Å². The monoisotopic (exact) mass is 305 g/mol. The molecule has 0 saturated carbocycles. The average Bonchev–Trinajstić information content (AvgIpc) is 2.56. The van der Waals surface area contributed by atoms with E-state index in [0.717, 1.165) is 11.3 Å². The SMILES string of the molecule is C=CCN(Cc1ccccc1OCC)C(=O)[C@H]1COCCO1. The van der Waals surface area contributed by atoms with Crippen LogP contribution in [0, 0.1) is 0 Å². The van der Waals surface area contributed by atoms with Gasteiger partial charge in [-0.1, -0.05) is 24.3 Å². The van der Waals surface area contributed by atoms with Gasteiger partial charge in [-0.25, -0.2) is 0 Å². The van der Waals surface area contributed by atoms with E-state index in [1.165, 1.54) is 0 Å². The van der Waals surface area contributed by atoms with Gasteiger partial charge in [0.15, 0.2) is 6.10 Å². The van der Waals surface area contributed by atoms with E-state index in [1.807, 2.05) is 31.2 Å². The molecule has 120 valence electrons. The maximum atomic E-state index is 12.6. The van der Waals surface area contributed by atoms with E-state index in [0.29, 0.717) is 39.5 Å². The van der Waals surface area contributed by atoms with Crippen LogP contribution < -0.4 is 4.74 Å². The number of ether oxygens (including phenoxy) is 3. The predicted molar refractivity (Wildman–Crippen MR) is 83.8 cm³/mol. The second-order valence-corrected chi connectivity index (χ2v) is 4.98. The standard InChI is InChI=1S/C17H23NO4/c1-3-9-18(17(19)16-13-20-10-11-22-16)12-14-7-5-6-8-15(14)21-4-2/h3,5-8,16H,1,4,9-13H2,2H3/t16-/m1/s1. The molecule has 1 atom stereocenters. The first kappa shape index (κ1) is 16.5. The van der Waals surface area contributed by atoms with E-state index in [1.54, 1.807) is 11.0 Å². The Labute approximate surface area is 131 Å². The van der Waals surface area contributed by atoms with Gasteiger partial charge >= 0.3 is 0 Å². The summed E-state index contributed by atoms with van der Waals surface area (Å²) in [6.07, 6.45) is 1.18. The molecule has 0 aliphatic carbocycles. The van der Waals surface area contributed by atoms with Crippen LogP contribution >= 0.6 is 0 Å². The molecule has 1 saturated heterocycles. The molecule has 2 rings (SSSR count). The van der Waals surface area contributed by atoms with Crippen LogP contribution in [0.2, 0.25) is 0 Å². The number of benzene rings is 1. The molecule has 0 bridgehead atoms. The van der Waals surface area contributed by atoms with Gasteiger partial charge in [-0.3, -0.25) is 4.79 Å². The molecule has 1 aliphatic rings. The predicted octanol–water partition coefficient (Wildman–Crippen LogP) is 2.02. The summed E-state index contributed by atoms with van der Waals surface area (Å²) in [6.45, 7) is 8.48. The third-order valence-corrected chi connectivity index (χ3v) is 3.39. The van der Waals surface area contributed by atoms with Crippen molar-refractivity contribution in [3.8, 4) is 5.75 Å². The van der Waals surface area contributed by atoms with Gasteiger partial charge in [0, 0.05) is 18.7 Å². The lowest BCUT2D eigenvalue weighted by atomic mass is 10.1. The number of nitrogens with zero attached hydrogens (tertiary/aromatic N) is 1. The molecule has 1 aliphatic heterocycles. The minimum atomic E-state index is -0.534. The summed E-state index contributed by atoms with van der Waals surface area (Å²) in [7, 11) is 0. The highest BCUT2D eigenvalue weighted by atomic mass is 16.6. The first-order chi connectivity index (χ1) is 10.8. The molecule has 0 N–H and O–H groups in total. The van der Waals surface area contributed by atoms with Crippen molar-refractivity contribution in [3.05, 3.63) is 42.5 Å². The van der Waals surface area contributed by atoms with E-state index >= 15 is 0 Å². The lowest BCUT2D eigenvalue weighted by Gasteiger charge is -2.29. The Balaban J connectivity index is 2.10. The Morgan fingerprint density at radius 1 is 1.45 bits per heavy atom. The molecular weight excluding hydrogens is 282 g/mol. The van der Waals surface area contributed by atoms with E-state index < -0.39 is 6.10 Å². The van der Waals surface area contributed by atoms with Gasteiger partial charge < -0.3 is 19.1 Å². The van der Waals surface area contributed by atoms with E-state index in [2.05, 4.69) is 6.58 Å². The fraction of sp³-hybridized carbons (Fsp3) is 0.471. The maximum absolute atomic E-state index is 12.6. The molecule has 5 nitrogen and oxygen atoms in total. The van der Waals surface area contributed by atoms with E-state index in [9.17, 15) is 4.79 Å². The Kier molecular flexibility index (Phi) is 6.43. The smallest absolute Gasteiger partial charge is 0.254 e. The number of hydrogen-bond donors (Lipinski definition) is 0. The first-order valence-electron chi connectivity index (χ1n) is 7.56. The topological polar surface area (TPSA) is 48.0 Å². The summed E-state index contributed by atoms with van der Waals surface area (Å²) in [5.74, 6) is 0.721. The quantitative estimate of drug-likeness (QED) is 0.723. The Morgan fingerprint density at radius 2 is 2.27 bits per heavy atom. The van der Waals surface area contributed by atoms with Crippen LogP contribution in [-0.4, -0.2) is 49.9 Å². The lowest BCUT2D eigenvalue weighted by molar-refractivity contribution is -0.158. The fourth-order valence-corrected chi connectivity index (χ4v) is 2.36. The molecule has 0 unspecified atom stereocenters. The highest BCUT2D eigenvalue weighted by Crippen LogP contribution is 2.20. The summed E-state index contributed by atoms with van der Waals surface area (Å²) in [5.41, 5.74) is 0.969. The third-order valence-electron chi connectivity index (χ3n) is 3.39. The van der Waals surface area contributed by atoms with Crippen molar-refractivity contribution in [3.63, 3.8) is 0 Å². The number of carbonyl (C=O) groups is 1. The van der Waals surface area contributed by atoms with Gasteiger partial charge in [-0.05, 0) is 13.0 Å². The molecule has 1 amide bonds. The zero-order valence-electron chi connectivity index (χ0n) is 13.0. The van der Waals surface area contributed by atoms with Crippen molar-refractivity contribution < 1.29 is 19.0 Å². The van der Waals surface area contributed by atoms with E-state index in [4.69, 9.17) is 14.2 Å². The van der Waals surface area contributed by atoms with Crippen molar-refractivity contribution in [2.75, 3.05) is 33.0 Å². The van der Waals surface area contributed by atoms with Gasteiger partial charge in [-0.15, -0.1) is 6.58 Å². The number of amides is 1. The third kappa shape index (κ3) is 4.32. The van der Waals surface area contributed by atoms with E-state index in [-0.39, 0.29) is 5.91 Å². The van der Waals surface area contributed by atoms with Crippen LogP contribution in [-0.2, 0) is 20.8 Å². The minimum Gasteiger partial charge on any atom is -0.494 e. The second kappa shape index (κ2) is 8.56. The zero-order valence-corrected chi connectivity index (χ0v) is 13.0. The highest BCUT2D eigenvalue weighted by Gasteiger charge is 2.27. The van der Waals surface area contributed by atoms with Gasteiger partial charge in [-0.2, -0.15) is 0 Å². The second-order valence-electron chi connectivity index (χ2n) is 4.98. The fourth-order valence-electron chi connectivity index (χ4n) is 2.36. The minimum absolute atomic E-state index is 0.0779. The summed E-state index contributed by atoms with van der Waals surface area (Å²) >= 11 is 0. The van der Waals surface area contributed by atoms with Crippen LogP contribution in [0.5, 0.6) is 5.75 Å². The molecule has 1 heterocycles. The Hall–Kier alpha value is -1.85. The van der Waals surface area contributed by atoms with Gasteiger partial charge in [0.25, 0.3) is 5.91 Å². The summed E-state index contributed by atoms with van der Waals surface area (Å²) in [4.78, 5) is 14.3. The van der Waals surface area contributed by atoms with Gasteiger partial charge in [0.1, 0.15) is 5.75 Å². The first-order valence-corrected chi connectivity index (χ1v) is 7.56. The molecule has 0 radical (unpaired) electrons. The molecule has 0 aromatic heterocycles. The molecule has 1 aromatic carbocycles. The van der Waals surface area contributed by atoms with Gasteiger partial charge in [0.2, 0.25) is 0 Å². The number of para-hydroxylation sites is 1. The zero-order chi connectivity index (χ0) is 15.8. The Morgan fingerprint density at radius 3 is 2.95 bits per heavy atom. The number of carbonyl (C=O) groups excluding carboxylic acids is 1. The summed E-state index contributed by atoms with van der Waals surface area (Å²) in [5, 5.41) is 0. The largest absolute Gasteiger partial charge is 0.494 e. The van der Waals surface area contributed by atoms with Crippen LogP contribution in [0.15, 0.2) is 36.9 Å². The molecular formula is C17H23NO4. The van der Waals surface area contributed by atoms with Crippen LogP contribution in [0.4, 0.5) is 0 Å². The molecule has 5 heteroatoms. The number of hydrogen-bond acceptors (Lipinski definition) is 4. The normalized spacial score (nSPS) is 17.8. The van der Waals surface area contributed by atoms with Crippen molar-refractivity contribution in [1.82, 2.24) is 4.90 Å². The Bertz CT molecular complexity index is 497. The molecule has 0 spiro atoms. The molecule has 1 aromatic rings. The van der Waals surface area contributed by atoms with Crippen molar-refractivity contribution in [2.45, 2.75) is 19.6 Å². The van der Waals surface area contributed by atoms with Crippen molar-refractivity contribution in [2.24, 2.45) is 0 Å². The maximum Gasteiger partial charge on any atom is 0.254 e. The molecule has 1 fully saturated rings. The van der Waals surface area contributed by atoms with Gasteiger partial charge in [0.05, 0.1) is 26.4 Å². The van der Waals surface area contributed by atoms with Crippen molar-refractivity contribution >= 4 is 5.91 Å². The summed E-state index contributed by atoms with van der Waals surface area (Å²) in [6, 6.07) is 7.74. The van der Waals surface area contributed by atoms with Crippen LogP contribution in [0.25, 0.3) is 0 Å². The van der Waals surface area contributed by atoms with Crippen molar-refractivity contribution in [1.29, 1.82) is 0 Å². The molecule has 22 heavy (non-hydrogen) atoms. The average molecular weight is 305 g/mol. The highest BCUT2D eigenvalue weighted by molar-refractivity contribution is 5.81.